The second-order valence-electron chi connectivity index (χ2n) is 6.34. The van der Waals surface area contributed by atoms with Crippen LogP contribution in [0.15, 0.2) is 47.4 Å². The van der Waals surface area contributed by atoms with E-state index in [-0.39, 0.29) is 22.2 Å². The fourth-order valence-corrected chi connectivity index (χ4v) is 3.84. The third-order valence-electron chi connectivity index (χ3n) is 3.95. The van der Waals surface area contributed by atoms with Crippen molar-refractivity contribution in [2.75, 3.05) is 23.8 Å². The van der Waals surface area contributed by atoms with E-state index < -0.39 is 22.0 Å². The second-order valence-corrected chi connectivity index (χ2v) is 7.99. The van der Waals surface area contributed by atoms with Gasteiger partial charge in [0.05, 0.1) is 13.7 Å². The van der Waals surface area contributed by atoms with Crippen LogP contribution in [-0.2, 0) is 19.6 Å². The third-order valence-corrected chi connectivity index (χ3v) is 5.35. The van der Waals surface area contributed by atoms with Crippen LogP contribution in [0.3, 0.4) is 0 Å². The van der Waals surface area contributed by atoms with Crippen LogP contribution < -0.4 is 24.8 Å². The van der Waals surface area contributed by atoms with Crippen LogP contribution in [0.1, 0.15) is 20.8 Å². The molecule has 0 bridgehead atoms. The molecule has 2 rings (SSSR count). The molecule has 0 aliphatic heterocycles. The van der Waals surface area contributed by atoms with E-state index in [4.69, 9.17) is 9.47 Å². The van der Waals surface area contributed by atoms with Crippen LogP contribution in [-0.4, -0.2) is 40.0 Å². The number of amides is 2. The summed E-state index contributed by atoms with van der Waals surface area (Å²) in [5.41, 5.74) is 0.583. The van der Waals surface area contributed by atoms with E-state index >= 15 is 0 Å². The molecule has 0 aromatic heterocycles. The van der Waals surface area contributed by atoms with E-state index in [2.05, 4.69) is 15.4 Å². The van der Waals surface area contributed by atoms with E-state index in [1.54, 1.807) is 24.3 Å². The van der Waals surface area contributed by atoms with Gasteiger partial charge in [0.25, 0.3) is 10.0 Å². The summed E-state index contributed by atoms with van der Waals surface area (Å²) in [4.78, 5) is 23.2. The number of carbonyl (C=O) groups excluding carboxylic acids is 2. The number of benzene rings is 2. The number of nitrogens with one attached hydrogen (secondary N) is 3. The van der Waals surface area contributed by atoms with Crippen molar-refractivity contribution in [3.8, 4) is 11.5 Å². The molecule has 2 amide bonds. The van der Waals surface area contributed by atoms with Gasteiger partial charge >= 0.3 is 0 Å². The SMILES string of the molecule is CCOc1ccc(NS(=O)(=O)c2cc(NC(=O)C(C)NC(C)=O)ccc2OC)cc1. The zero-order valence-corrected chi connectivity index (χ0v) is 18.0. The van der Waals surface area contributed by atoms with Crippen molar-refractivity contribution >= 4 is 33.2 Å². The molecule has 0 aliphatic carbocycles. The van der Waals surface area contributed by atoms with E-state index in [9.17, 15) is 18.0 Å². The Morgan fingerprint density at radius 3 is 2.27 bits per heavy atom. The second kappa shape index (κ2) is 9.97. The number of ether oxygens (including phenoxy) is 2. The first-order chi connectivity index (χ1) is 14.2. The molecule has 1 atom stereocenters. The lowest BCUT2D eigenvalue weighted by Crippen LogP contribution is -2.40. The molecule has 3 N–H and O–H groups in total. The molecule has 30 heavy (non-hydrogen) atoms. The zero-order valence-electron chi connectivity index (χ0n) is 17.2. The highest BCUT2D eigenvalue weighted by Gasteiger charge is 2.22. The normalized spacial score (nSPS) is 11.9. The van der Waals surface area contributed by atoms with Crippen molar-refractivity contribution in [1.29, 1.82) is 0 Å². The lowest BCUT2D eigenvalue weighted by molar-refractivity contribution is -0.124. The summed E-state index contributed by atoms with van der Waals surface area (Å²) in [6.07, 6.45) is 0. The van der Waals surface area contributed by atoms with Crippen LogP contribution in [0.25, 0.3) is 0 Å². The van der Waals surface area contributed by atoms with Gasteiger partial charge in [-0.3, -0.25) is 14.3 Å². The summed E-state index contributed by atoms with van der Waals surface area (Å²) in [5.74, 6) is -0.106. The Bertz CT molecular complexity index is 1010. The lowest BCUT2D eigenvalue weighted by atomic mass is 10.2. The molecule has 0 saturated heterocycles. The van der Waals surface area contributed by atoms with Crippen molar-refractivity contribution in [3.63, 3.8) is 0 Å². The van der Waals surface area contributed by atoms with Gasteiger partial charge in [-0.05, 0) is 56.3 Å². The first kappa shape index (κ1) is 23.0. The highest BCUT2D eigenvalue weighted by atomic mass is 32.2. The topological polar surface area (TPSA) is 123 Å². The van der Waals surface area contributed by atoms with Crippen LogP contribution in [0.5, 0.6) is 11.5 Å². The van der Waals surface area contributed by atoms with Gasteiger partial charge < -0.3 is 20.1 Å². The minimum atomic E-state index is -4.02. The molecule has 0 spiro atoms. The Labute approximate surface area is 175 Å². The van der Waals surface area contributed by atoms with Crippen molar-refractivity contribution in [2.45, 2.75) is 31.7 Å². The molecular weight excluding hydrogens is 410 g/mol. The number of hydrogen-bond donors (Lipinski definition) is 3. The number of methoxy groups -OCH3 is 1. The van der Waals surface area contributed by atoms with E-state index in [1.165, 1.54) is 39.2 Å². The van der Waals surface area contributed by atoms with Gasteiger partial charge in [0, 0.05) is 18.3 Å². The molecule has 0 saturated carbocycles. The largest absolute Gasteiger partial charge is 0.495 e. The van der Waals surface area contributed by atoms with E-state index in [1.807, 2.05) is 6.92 Å². The third kappa shape index (κ3) is 6.11. The number of sulfonamides is 1. The number of rotatable bonds is 9. The minimum Gasteiger partial charge on any atom is -0.495 e. The van der Waals surface area contributed by atoms with Gasteiger partial charge in [0.15, 0.2) is 0 Å². The Morgan fingerprint density at radius 1 is 1.07 bits per heavy atom. The molecule has 10 heteroatoms. The van der Waals surface area contributed by atoms with Crippen molar-refractivity contribution in [3.05, 3.63) is 42.5 Å². The number of carbonyl (C=O) groups is 2. The highest BCUT2D eigenvalue weighted by Crippen LogP contribution is 2.29. The van der Waals surface area contributed by atoms with Gasteiger partial charge in [-0.1, -0.05) is 0 Å². The maximum atomic E-state index is 12.9. The number of hydrogen-bond acceptors (Lipinski definition) is 6. The van der Waals surface area contributed by atoms with Gasteiger partial charge in [0.1, 0.15) is 22.4 Å². The predicted octanol–water partition coefficient (Wildman–Crippen LogP) is 2.36. The number of anilines is 2. The maximum Gasteiger partial charge on any atom is 0.265 e. The van der Waals surface area contributed by atoms with Gasteiger partial charge in [0.2, 0.25) is 11.8 Å². The summed E-state index contributed by atoms with van der Waals surface area (Å²) in [5, 5.41) is 5.04. The van der Waals surface area contributed by atoms with Crippen molar-refractivity contribution in [2.24, 2.45) is 0 Å². The van der Waals surface area contributed by atoms with Crippen LogP contribution >= 0.6 is 0 Å². The Balaban J connectivity index is 2.26. The van der Waals surface area contributed by atoms with E-state index in [0.29, 0.717) is 18.0 Å². The Kier molecular flexibility index (Phi) is 7.65. The standard InChI is InChI=1S/C20H25N3O6S/c1-5-29-17-9-6-15(7-10-17)23-30(26,27)19-12-16(8-11-18(19)28-4)22-20(25)13(2)21-14(3)24/h6-13,23H,5H2,1-4H3,(H,21,24)(H,22,25). The first-order valence-electron chi connectivity index (χ1n) is 9.18. The summed E-state index contributed by atoms with van der Waals surface area (Å²) in [6.45, 7) is 5.17. The smallest absolute Gasteiger partial charge is 0.265 e. The Hall–Kier alpha value is -3.27. The molecule has 0 fully saturated rings. The summed E-state index contributed by atoms with van der Waals surface area (Å²) >= 11 is 0. The zero-order chi connectivity index (χ0) is 22.3. The van der Waals surface area contributed by atoms with Crippen molar-refractivity contribution in [1.82, 2.24) is 5.32 Å². The summed E-state index contributed by atoms with van der Waals surface area (Å²) in [7, 11) is -2.67. The molecule has 2 aromatic carbocycles. The van der Waals surface area contributed by atoms with Crippen molar-refractivity contribution < 1.29 is 27.5 Å². The molecular formula is C20H25N3O6S. The van der Waals surface area contributed by atoms with Gasteiger partial charge in [-0.25, -0.2) is 8.42 Å². The Morgan fingerprint density at radius 2 is 1.70 bits per heavy atom. The maximum absolute atomic E-state index is 12.9. The molecule has 0 aliphatic rings. The van der Waals surface area contributed by atoms with Gasteiger partial charge in [-0.2, -0.15) is 0 Å². The lowest BCUT2D eigenvalue weighted by Gasteiger charge is -2.16. The quantitative estimate of drug-likeness (QED) is 0.556. The monoisotopic (exact) mass is 435 g/mol. The molecule has 0 radical (unpaired) electrons. The average Bonchev–Trinajstić information content (AvgIpc) is 2.69. The summed E-state index contributed by atoms with van der Waals surface area (Å²) < 4.78 is 38.8. The fraction of sp³-hybridized carbons (Fsp3) is 0.300. The molecule has 1 unspecified atom stereocenters. The van der Waals surface area contributed by atoms with Crippen LogP contribution in [0.4, 0.5) is 11.4 Å². The minimum absolute atomic E-state index is 0.112. The van der Waals surface area contributed by atoms with E-state index in [0.717, 1.165) is 0 Å². The molecule has 0 heterocycles. The highest BCUT2D eigenvalue weighted by molar-refractivity contribution is 7.92. The van der Waals surface area contributed by atoms with Crippen LogP contribution in [0, 0.1) is 0 Å². The first-order valence-corrected chi connectivity index (χ1v) is 10.7. The van der Waals surface area contributed by atoms with Gasteiger partial charge in [-0.15, -0.1) is 0 Å². The molecule has 2 aromatic rings. The van der Waals surface area contributed by atoms with Crippen LogP contribution in [0.2, 0.25) is 0 Å². The predicted molar refractivity (Wildman–Crippen MR) is 113 cm³/mol. The fourth-order valence-electron chi connectivity index (χ4n) is 2.58. The summed E-state index contributed by atoms with van der Waals surface area (Å²) in [6, 6.07) is 9.90. The average molecular weight is 436 g/mol. The molecule has 162 valence electrons. The molecule has 9 nitrogen and oxygen atoms in total.